The van der Waals surface area contributed by atoms with Gasteiger partial charge < -0.3 is 10.1 Å². The summed E-state index contributed by atoms with van der Waals surface area (Å²) in [5, 5.41) is 4.02. The van der Waals surface area contributed by atoms with Crippen LogP contribution in [-0.2, 0) is 6.54 Å². The van der Waals surface area contributed by atoms with Gasteiger partial charge in [-0.15, -0.1) is 0 Å². The highest BCUT2D eigenvalue weighted by Crippen LogP contribution is 2.30. The third-order valence-electron chi connectivity index (χ3n) is 3.20. The van der Waals surface area contributed by atoms with Gasteiger partial charge in [-0.25, -0.2) is 9.37 Å². The Hall–Kier alpha value is -1.36. The number of nitrogens with one attached hydrogen (secondary N) is 1. The molecule has 0 unspecified atom stereocenters. The number of hydrogen-bond acceptors (Lipinski definition) is 3. The lowest BCUT2D eigenvalue weighted by Crippen LogP contribution is -2.16. The van der Waals surface area contributed by atoms with Crippen molar-refractivity contribution in [1.82, 2.24) is 10.3 Å². The number of benzene rings is 1. The highest BCUT2D eigenvalue weighted by molar-refractivity contribution is 6.42. The first-order valence-electron chi connectivity index (χ1n) is 6.63. The van der Waals surface area contributed by atoms with E-state index in [1.165, 1.54) is 12.3 Å². The third-order valence-corrected chi connectivity index (χ3v) is 3.94. The molecule has 1 fully saturated rings. The van der Waals surface area contributed by atoms with Crippen LogP contribution < -0.4 is 10.1 Å². The Morgan fingerprint density at radius 3 is 2.76 bits per heavy atom. The molecule has 2 aromatic rings. The zero-order valence-corrected chi connectivity index (χ0v) is 12.6. The second-order valence-electron chi connectivity index (χ2n) is 4.92. The summed E-state index contributed by atoms with van der Waals surface area (Å²) in [6, 6.07) is 6.89. The maximum absolute atomic E-state index is 14.3. The maximum Gasteiger partial charge on any atom is 0.256 e. The van der Waals surface area contributed by atoms with Crippen molar-refractivity contribution in [2.45, 2.75) is 25.4 Å². The SMILES string of the molecule is Fc1c(CNC2CC2)ccnc1Oc1ccc(Cl)c(Cl)c1. The topological polar surface area (TPSA) is 34.2 Å². The minimum absolute atomic E-state index is 0.0662. The summed E-state index contributed by atoms with van der Waals surface area (Å²) < 4.78 is 19.8. The second-order valence-corrected chi connectivity index (χ2v) is 5.74. The van der Waals surface area contributed by atoms with E-state index in [1.807, 2.05) is 0 Å². The van der Waals surface area contributed by atoms with Gasteiger partial charge in [0, 0.05) is 30.4 Å². The maximum atomic E-state index is 14.3. The molecule has 0 bridgehead atoms. The molecule has 0 atom stereocenters. The van der Waals surface area contributed by atoms with Crippen molar-refractivity contribution >= 4 is 23.2 Å². The van der Waals surface area contributed by atoms with E-state index in [0.717, 1.165) is 12.8 Å². The van der Waals surface area contributed by atoms with Crippen LogP contribution in [0.5, 0.6) is 11.6 Å². The quantitative estimate of drug-likeness (QED) is 0.873. The number of nitrogens with zero attached hydrogens (tertiary/aromatic N) is 1. The van der Waals surface area contributed by atoms with E-state index in [9.17, 15) is 4.39 Å². The third kappa shape index (κ3) is 3.64. The van der Waals surface area contributed by atoms with Crippen LogP contribution in [0.2, 0.25) is 10.0 Å². The predicted molar refractivity (Wildman–Crippen MR) is 80.6 cm³/mol. The number of pyridine rings is 1. The average molecular weight is 327 g/mol. The lowest BCUT2D eigenvalue weighted by molar-refractivity contribution is 0.417. The van der Waals surface area contributed by atoms with Gasteiger partial charge in [0.1, 0.15) is 5.75 Å². The van der Waals surface area contributed by atoms with Gasteiger partial charge in [0.25, 0.3) is 5.88 Å². The Labute approximate surface area is 132 Å². The minimum Gasteiger partial charge on any atom is -0.436 e. The number of hydrogen-bond donors (Lipinski definition) is 1. The molecule has 1 heterocycles. The normalized spacial score (nSPS) is 14.2. The summed E-state index contributed by atoms with van der Waals surface area (Å²) in [4.78, 5) is 3.93. The van der Waals surface area contributed by atoms with Gasteiger partial charge in [0.2, 0.25) is 0 Å². The van der Waals surface area contributed by atoms with Crippen molar-refractivity contribution in [2.24, 2.45) is 0 Å². The number of aromatic nitrogens is 1. The van der Waals surface area contributed by atoms with Crippen LogP contribution in [0.3, 0.4) is 0 Å². The van der Waals surface area contributed by atoms with E-state index in [0.29, 0.717) is 33.9 Å². The number of ether oxygens (including phenoxy) is 1. The van der Waals surface area contributed by atoms with Gasteiger partial charge in [-0.1, -0.05) is 23.2 Å². The first-order valence-corrected chi connectivity index (χ1v) is 7.39. The summed E-state index contributed by atoms with van der Waals surface area (Å²) in [6.07, 6.45) is 3.83. The van der Waals surface area contributed by atoms with Crippen LogP contribution >= 0.6 is 23.2 Å². The van der Waals surface area contributed by atoms with Crippen molar-refractivity contribution in [1.29, 1.82) is 0 Å². The summed E-state index contributed by atoms with van der Waals surface area (Å²) in [5.74, 6) is -0.136. The molecule has 110 valence electrons. The molecule has 0 saturated heterocycles. The van der Waals surface area contributed by atoms with E-state index in [2.05, 4.69) is 10.3 Å². The molecule has 1 aliphatic rings. The summed E-state index contributed by atoms with van der Waals surface area (Å²) in [7, 11) is 0. The highest BCUT2D eigenvalue weighted by atomic mass is 35.5. The zero-order chi connectivity index (χ0) is 14.8. The van der Waals surface area contributed by atoms with Crippen LogP contribution in [0.1, 0.15) is 18.4 Å². The molecule has 1 saturated carbocycles. The average Bonchev–Trinajstić information content (AvgIpc) is 3.28. The second kappa shape index (κ2) is 6.18. The van der Waals surface area contributed by atoms with E-state index >= 15 is 0 Å². The smallest absolute Gasteiger partial charge is 0.256 e. The largest absolute Gasteiger partial charge is 0.436 e. The molecule has 21 heavy (non-hydrogen) atoms. The molecule has 1 aliphatic carbocycles. The number of rotatable bonds is 5. The first kappa shape index (κ1) is 14.6. The molecular weight excluding hydrogens is 314 g/mol. The number of halogens is 3. The van der Waals surface area contributed by atoms with Gasteiger partial charge in [-0.05, 0) is 31.0 Å². The van der Waals surface area contributed by atoms with Crippen molar-refractivity contribution in [3.8, 4) is 11.6 Å². The molecule has 6 heteroatoms. The molecule has 0 spiro atoms. The molecule has 3 nitrogen and oxygen atoms in total. The molecule has 1 N–H and O–H groups in total. The Kier molecular flexibility index (Phi) is 4.29. The van der Waals surface area contributed by atoms with Crippen LogP contribution in [0, 0.1) is 5.82 Å². The Morgan fingerprint density at radius 1 is 1.24 bits per heavy atom. The van der Waals surface area contributed by atoms with Crippen molar-refractivity contribution in [3.63, 3.8) is 0 Å². The molecule has 1 aromatic carbocycles. The molecule has 0 radical (unpaired) electrons. The monoisotopic (exact) mass is 326 g/mol. The minimum atomic E-state index is -0.461. The molecule has 1 aromatic heterocycles. The van der Waals surface area contributed by atoms with Gasteiger partial charge >= 0.3 is 0 Å². The Balaban J connectivity index is 1.77. The van der Waals surface area contributed by atoms with Gasteiger partial charge in [0.05, 0.1) is 10.0 Å². The zero-order valence-electron chi connectivity index (χ0n) is 11.1. The fourth-order valence-corrected chi connectivity index (χ4v) is 2.15. The highest BCUT2D eigenvalue weighted by Gasteiger charge is 2.21. The predicted octanol–water partition coefficient (Wildman–Crippen LogP) is 4.57. The Bertz CT molecular complexity index is 662. The van der Waals surface area contributed by atoms with E-state index in [1.54, 1.807) is 18.2 Å². The van der Waals surface area contributed by atoms with Crippen LogP contribution in [0.4, 0.5) is 4.39 Å². The summed E-state index contributed by atoms with van der Waals surface area (Å²) in [5.41, 5.74) is 0.534. The molecule has 0 amide bonds. The molecule has 3 rings (SSSR count). The van der Waals surface area contributed by atoms with E-state index in [-0.39, 0.29) is 5.88 Å². The van der Waals surface area contributed by atoms with E-state index in [4.69, 9.17) is 27.9 Å². The van der Waals surface area contributed by atoms with Crippen molar-refractivity contribution in [2.75, 3.05) is 0 Å². The van der Waals surface area contributed by atoms with Crippen LogP contribution in [0.25, 0.3) is 0 Å². The Morgan fingerprint density at radius 2 is 2.05 bits per heavy atom. The van der Waals surface area contributed by atoms with Crippen LogP contribution in [-0.4, -0.2) is 11.0 Å². The van der Waals surface area contributed by atoms with Gasteiger partial charge in [-0.2, -0.15) is 0 Å². The van der Waals surface area contributed by atoms with Crippen molar-refractivity contribution in [3.05, 3.63) is 51.9 Å². The van der Waals surface area contributed by atoms with E-state index < -0.39 is 5.82 Å². The fourth-order valence-electron chi connectivity index (χ4n) is 1.86. The standard InChI is InChI=1S/C15H13Cl2FN2O/c16-12-4-3-11(7-13(12)17)21-15-14(18)9(5-6-19-15)8-20-10-1-2-10/h3-7,10,20H,1-2,8H2. The molecule has 0 aliphatic heterocycles. The van der Waals surface area contributed by atoms with Gasteiger partial charge in [0.15, 0.2) is 5.82 Å². The van der Waals surface area contributed by atoms with Crippen molar-refractivity contribution < 1.29 is 9.13 Å². The first-order chi connectivity index (χ1) is 10.1. The lowest BCUT2D eigenvalue weighted by Gasteiger charge is -2.10. The lowest BCUT2D eigenvalue weighted by atomic mass is 10.2. The summed E-state index contributed by atoms with van der Waals surface area (Å²) >= 11 is 11.7. The fraction of sp³-hybridized carbons (Fsp3) is 0.267. The van der Waals surface area contributed by atoms with Gasteiger partial charge in [-0.3, -0.25) is 0 Å². The molecular formula is C15H13Cl2FN2O. The van der Waals surface area contributed by atoms with Crippen LogP contribution in [0.15, 0.2) is 30.5 Å². The summed E-state index contributed by atoms with van der Waals surface area (Å²) in [6.45, 7) is 0.469.